The van der Waals surface area contributed by atoms with E-state index in [2.05, 4.69) is 10.3 Å². The second-order valence-electron chi connectivity index (χ2n) is 3.50. The van der Waals surface area contributed by atoms with Gasteiger partial charge in [0.1, 0.15) is 0 Å². The Kier molecular flexibility index (Phi) is 2.77. The first-order chi connectivity index (χ1) is 7.15. The van der Waals surface area contributed by atoms with Crippen molar-refractivity contribution in [1.82, 2.24) is 5.32 Å². The zero-order valence-corrected chi connectivity index (χ0v) is 9.47. The molecule has 1 aromatic rings. The molecule has 0 radical (unpaired) electrons. The van der Waals surface area contributed by atoms with Gasteiger partial charge in [0.05, 0.1) is 10.9 Å². The minimum Gasteiger partial charge on any atom is -0.304 e. The molecule has 1 amide bonds. The first kappa shape index (κ1) is 10.2. The lowest BCUT2D eigenvalue weighted by molar-refractivity contribution is -0.118. The van der Waals surface area contributed by atoms with Gasteiger partial charge >= 0.3 is 0 Å². The lowest BCUT2D eigenvalue weighted by Gasteiger charge is -1.97. The average molecular weight is 220 g/mol. The molecule has 0 aromatic heterocycles. The fourth-order valence-corrected chi connectivity index (χ4v) is 2.07. The first-order valence-electron chi connectivity index (χ1n) is 4.78. The molecule has 2 rings (SSSR count). The Morgan fingerprint density at radius 2 is 2.00 bits per heavy atom. The van der Waals surface area contributed by atoms with Crippen molar-refractivity contribution in [2.45, 2.75) is 19.1 Å². The molecule has 1 saturated heterocycles. The van der Waals surface area contributed by atoms with E-state index in [-0.39, 0.29) is 11.2 Å². The Morgan fingerprint density at radius 3 is 2.53 bits per heavy atom. The van der Waals surface area contributed by atoms with Crippen LogP contribution in [0.3, 0.4) is 0 Å². The molecule has 1 atom stereocenters. The van der Waals surface area contributed by atoms with Crippen molar-refractivity contribution in [2.75, 3.05) is 0 Å². The van der Waals surface area contributed by atoms with Crippen LogP contribution in [0.15, 0.2) is 29.3 Å². The standard InChI is InChI=1S/C11H12N2OS/c1-7-3-5-9(6-4-7)12-11-13-10(14)8(2)15-11/h3-6,8H,1-2H3,(H,12,13,14). The zero-order valence-electron chi connectivity index (χ0n) is 8.65. The number of aliphatic imine (C=N–C) groups is 1. The third kappa shape index (κ3) is 2.39. The maximum atomic E-state index is 11.2. The molecule has 0 aliphatic carbocycles. The molecular weight excluding hydrogens is 208 g/mol. The number of hydrogen-bond donors (Lipinski definition) is 1. The fraction of sp³-hybridized carbons (Fsp3) is 0.273. The summed E-state index contributed by atoms with van der Waals surface area (Å²) in [5.74, 6) is 0.0332. The third-order valence-corrected chi connectivity index (χ3v) is 3.14. The fourth-order valence-electron chi connectivity index (χ4n) is 1.25. The van der Waals surface area contributed by atoms with Crippen molar-refractivity contribution >= 4 is 28.5 Å². The van der Waals surface area contributed by atoms with E-state index in [1.165, 1.54) is 17.3 Å². The summed E-state index contributed by atoms with van der Waals surface area (Å²) in [6.07, 6.45) is 0. The largest absolute Gasteiger partial charge is 0.304 e. The van der Waals surface area contributed by atoms with Crippen molar-refractivity contribution < 1.29 is 4.79 Å². The summed E-state index contributed by atoms with van der Waals surface area (Å²) in [4.78, 5) is 15.6. The van der Waals surface area contributed by atoms with Gasteiger partial charge in [-0.25, -0.2) is 4.99 Å². The van der Waals surface area contributed by atoms with E-state index in [0.29, 0.717) is 5.17 Å². The van der Waals surface area contributed by atoms with Crippen LogP contribution >= 0.6 is 11.8 Å². The molecule has 0 spiro atoms. The van der Waals surface area contributed by atoms with Gasteiger partial charge in [0.2, 0.25) is 5.91 Å². The summed E-state index contributed by atoms with van der Waals surface area (Å²) in [7, 11) is 0. The second-order valence-corrected chi connectivity index (χ2v) is 4.83. The second kappa shape index (κ2) is 4.06. The van der Waals surface area contributed by atoms with Crippen LogP contribution in [0.1, 0.15) is 12.5 Å². The normalized spacial score (nSPS) is 23.2. The minimum atomic E-state index is -0.0331. The Labute approximate surface area is 93.0 Å². The number of benzene rings is 1. The summed E-state index contributed by atoms with van der Waals surface area (Å²) in [5, 5.41) is 3.40. The molecule has 78 valence electrons. The van der Waals surface area contributed by atoms with Gasteiger partial charge in [-0.15, -0.1) is 0 Å². The molecule has 15 heavy (non-hydrogen) atoms. The van der Waals surface area contributed by atoms with Crippen molar-refractivity contribution in [3.05, 3.63) is 29.8 Å². The summed E-state index contributed by atoms with van der Waals surface area (Å²) in [6.45, 7) is 3.91. The molecule has 1 aromatic carbocycles. The predicted octanol–water partition coefficient (Wildman–Crippen LogP) is 2.23. The summed E-state index contributed by atoms with van der Waals surface area (Å²) >= 11 is 1.46. The van der Waals surface area contributed by atoms with Gasteiger partial charge in [-0.1, -0.05) is 29.5 Å². The van der Waals surface area contributed by atoms with Gasteiger partial charge < -0.3 is 5.32 Å². The van der Waals surface area contributed by atoms with E-state index in [9.17, 15) is 4.79 Å². The number of carbonyl (C=O) groups excluding carboxylic acids is 1. The Hall–Kier alpha value is -1.29. The Morgan fingerprint density at radius 1 is 1.33 bits per heavy atom. The van der Waals surface area contributed by atoms with Crippen LogP contribution in [0, 0.1) is 6.92 Å². The molecule has 0 saturated carbocycles. The van der Waals surface area contributed by atoms with Crippen molar-refractivity contribution in [3.8, 4) is 0 Å². The quantitative estimate of drug-likeness (QED) is 0.788. The number of nitrogens with zero attached hydrogens (tertiary/aromatic N) is 1. The van der Waals surface area contributed by atoms with Gasteiger partial charge in [-0.05, 0) is 26.0 Å². The lowest BCUT2D eigenvalue weighted by atomic mass is 10.2. The highest BCUT2D eigenvalue weighted by molar-refractivity contribution is 8.15. The van der Waals surface area contributed by atoms with E-state index in [4.69, 9.17) is 0 Å². The summed E-state index contributed by atoms with van der Waals surface area (Å²) in [6, 6.07) is 7.89. The number of hydrogen-bond acceptors (Lipinski definition) is 3. The van der Waals surface area contributed by atoms with Gasteiger partial charge in [0, 0.05) is 0 Å². The first-order valence-corrected chi connectivity index (χ1v) is 5.66. The number of amides is 1. The predicted molar refractivity (Wildman–Crippen MR) is 63.5 cm³/mol. The zero-order chi connectivity index (χ0) is 10.8. The van der Waals surface area contributed by atoms with E-state index in [1.54, 1.807) is 0 Å². The molecule has 4 heteroatoms. The van der Waals surface area contributed by atoms with Gasteiger partial charge in [-0.3, -0.25) is 4.79 Å². The highest BCUT2D eigenvalue weighted by Gasteiger charge is 2.25. The van der Waals surface area contributed by atoms with Crippen LogP contribution in [-0.2, 0) is 4.79 Å². The average Bonchev–Trinajstić information content (AvgIpc) is 2.50. The van der Waals surface area contributed by atoms with E-state index >= 15 is 0 Å². The SMILES string of the molecule is Cc1ccc(N=C2NC(=O)C(C)S2)cc1. The molecule has 1 N–H and O–H groups in total. The highest BCUT2D eigenvalue weighted by Crippen LogP contribution is 2.22. The van der Waals surface area contributed by atoms with Crippen LogP contribution in [0.25, 0.3) is 0 Å². The molecule has 1 heterocycles. The molecule has 3 nitrogen and oxygen atoms in total. The minimum absolute atomic E-state index is 0.0331. The monoisotopic (exact) mass is 220 g/mol. The summed E-state index contributed by atoms with van der Waals surface area (Å²) in [5.41, 5.74) is 2.08. The van der Waals surface area contributed by atoms with Crippen molar-refractivity contribution in [3.63, 3.8) is 0 Å². The van der Waals surface area contributed by atoms with Crippen molar-refractivity contribution in [2.24, 2.45) is 4.99 Å². The lowest BCUT2D eigenvalue weighted by Crippen LogP contribution is -2.23. The molecule has 0 bridgehead atoms. The summed E-state index contributed by atoms with van der Waals surface area (Å²) < 4.78 is 0. The number of amidine groups is 1. The Bertz CT molecular complexity index is 411. The van der Waals surface area contributed by atoms with Gasteiger partial charge in [-0.2, -0.15) is 0 Å². The number of thioether (sulfide) groups is 1. The number of carbonyl (C=O) groups is 1. The van der Waals surface area contributed by atoms with E-state index in [0.717, 1.165) is 5.69 Å². The molecule has 1 unspecified atom stereocenters. The van der Waals surface area contributed by atoms with Crippen LogP contribution in [0.5, 0.6) is 0 Å². The number of aryl methyl sites for hydroxylation is 1. The van der Waals surface area contributed by atoms with E-state index in [1.807, 2.05) is 38.1 Å². The maximum Gasteiger partial charge on any atom is 0.239 e. The van der Waals surface area contributed by atoms with Crippen molar-refractivity contribution in [1.29, 1.82) is 0 Å². The number of rotatable bonds is 1. The Balaban J connectivity index is 2.17. The molecule has 1 aliphatic heterocycles. The highest BCUT2D eigenvalue weighted by atomic mass is 32.2. The topological polar surface area (TPSA) is 41.5 Å². The van der Waals surface area contributed by atoms with Crippen LogP contribution in [-0.4, -0.2) is 16.3 Å². The third-order valence-electron chi connectivity index (χ3n) is 2.15. The molecular formula is C11H12N2OS. The van der Waals surface area contributed by atoms with Crippen LogP contribution in [0.2, 0.25) is 0 Å². The van der Waals surface area contributed by atoms with Gasteiger partial charge in [0.25, 0.3) is 0 Å². The van der Waals surface area contributed by atoms with Crippen LogP contribution < -0.4 is 5.32 Å². The van der Waals surface area contributed by atoms with E-state index < -0.39 is 0 Å². The molecule has 1 aliphatic rings. The smallest absolute Gasteiger partial charge is 0.239 e. The molecule has 1 fully saturated rings. The van der Waals surface area contributed by atoms with Gasteiger partial charge in [0.15, 0.2) is 5.17 Å². The van der Waals surface area contributed by atoms with Crippen LogP contribution in [0.4, 0.5) is 5.69 Å². The maximum absolute atomic E-state index is 11.2. The number of nitrogens with one attached hydrogen (secondary N) is 1.